The summed E-state index contributed by atoms with van der Waals surface area (Å²) >= 11 is 0. The molecule has 3 heteroatoms. The molecule has 1 rings (SSSR count). The molecule has 0 fully saturated rings. The molecule has 0 bridgehead atoms. The van der Waals surface area contributed by atoms with Gasteiger partial charge in [0, 0.05) is 12.2 Å². The van der Waals surface area contributed by atoms with Gasteiger partial charge in [0.15, 0.2) is 0 Å². The Morgan fingerprint density at radius 1 is 1.26 bits per heavy atom. The van der Waals surface area contributed by atoms with Crippen molar-refractivity contribution in [2.75, 3.05) is 6.54 Å². The van der Waals surface area contributed by atoms with Gasteiger partial charge < -0.3 is 5.32 Å². The van der Waals surface area contributed by atoms with Crippen LogP contribution in [0.5, 0.6) is 0 Å². The van der Waals surface area contributed by atoms with E-state index in [4.69, 9.17) is 0 Å². The van der Waals surface area contributed by atoms with E-state index in [9.17, 15) is 4.39 Å². The zero-order valence-electron chi connectivity index (χ0n) is 12.5. The fourth-order valence-electron chi connectivity index (χ4n) is 2.52. The molecule has 0 aromatic carbocycles. The number of nitrogens with one attached hydrogen (secondary N) is 1. The largest absolute Gasteiger partial charge is 0.310 e. The zero-order valence-corrected chi connectivity index (χ0v) is 12.5. The van der Waals surface area contributed by atoms with E-state index in [1.165, 1.54) is 31.9 Å². The smallest absolute Gasteiger partial charge is 0.141 e. The van der Waals surface area contributed by atoms with Gasteiger partial charge in [-0.05, 0) is 30.5 Å². The molecule has 1 N–H and O–H groups in total. The first-order valence-electron chi connectivity index (χ1n) is 7.55. The predicted octanol–water partition coefficient (Wildman–Crippen LogP) is 4.48. The Morgan fingerprint density at radius 2 is 2.05 bits per heavy atom. The predicted molar refractivity (Wildman–Crippen MR) is 78.5 cm³/mol. The summed E-state index contributed by atoms with van der Waals surface area (Å²) in [6.07, 6.45) is 9.07. The quantitative estimate of drug-likeness (QED) is 0.713. The third-order valence-corrected chi connectivity index (χ3v) is 3.69. The number of hydrogen-bond donors (Lipinski definition) is 1. The molecule has 0 radical (unpaired) electrons. The monoisotopic (exact) mass is 266 g/mol. The Balaban J connectivity index is 2.70. The highest BCUT2D eigenvalue weighted by Gasteiger charge is 2.16. The molecule has 19 heavy (non-hydrogen) atoms. The molecule has 2 unspecified atom stereocenters. The molecule has 0 aliphatic heterocycles. The van der Waals surface area contributed by atoms with E-state index in [1.807, 2.05) is 0 Å². The fraction of sp³-hybridized carbons (Fsp3) is 0.688. The second-order valence-corrected chi connectivity index (χ2v) is 5.20. The molecular weight excluding hydrogens is 239 g/mol. The van der Waals surface area contributed by atoms with Crippen molar-refractivity contribution in [3.8, 4) is 0 Å². The second-order valence-electron chi connectivity index (χ2n) is 5.20. The van der Waals surface area contributed by atoms with Crippen molar-refractivity contribution in [2.45, 2.75) is 58.9 Å². The van der Waals surface area contributed by atoms with Crippen LogP contribution in [-0.2, 0) is 0 Å². The summed E-state index contributed by atoms with van der Waals surface area (Å²) in [7, 11) is 0. The summed E-state index contributed by atoms with van der Waals surface area (Å²) in [5, 5.41) is 3.46. The second kappa shape index (κ2) is 9.03. The van der Waals surface area contributed by atoms with Crippen LogP contribution in [-0.4, -0.2) is 11.5 Å². The molecule has 108 valence electrons. The van der Waals surface area contributed by atoms with Crippen molar-refractivity contribution in [3.05, 3.63) is 29.8 Å². The highest BCUT2D eigenvalue weighted by atomic mass is 19.1. The third-order valence-electron chi connectivity index (χ3n) is 3.69. The maximum absolute atomic E-state index is 13.3. The molecular formula is C16H27FN2. The van der Waals surface area contributed by atoms with Gasteiger partial charge in [-0.25, -0.2) is 4.39 Å². The van der Waals surface area contributed by atoms with Gasteiger partial charge in [-0.1, -0.05) is 46.5 Å². The lowest BCUT2D eigenvalue weighted by molar-refractivity contribution is 0.356. The van der Waals surface area contributed by atoms with Gasteiger partial charge in [0.1, 0.15) is 5.82 Å². The Morgan fingerprint density at radius 3 is 2.63 bits per heavy atom. The van der Waals surface area contributed by atoms with Crippen LogP contribution in [0, 0.1) is 11.7 Å². The maximum atomic E-state index is 13.3. The van der Waals surface area contributed by atoms with Gasteiger partial charge in [0.2, 0.25) is 0 Å². The molecule has 0 aliphatic rings. The molecule has 0 spiro atoms. The van der Waals surface area contributed by atoms with Crippen molar-refractivity contribution in [3.63, 3.8) is 0 Å². The Labute approximate surface area is 116 Å². The van der Waals surface area contributed by atoms with Gasteiger partial charge in [-0.15, -0.1) is 0 Å². The third kappa shape index (κ3) is 5.68. The first-order valence-corrected chi connectivity index (χ1v) is 7.55. The molecule has 0 aliphatic carbocycles. The van der Waals surface area contributed by atoms with Gasteiger partial charge in [0.25, 0.3) is 0 Å². The van der Waals surface area contributed by atoms with Crippen molar-refractivity contribution >= 4 is 0 Å². The minimum absolute atomic E-state index is 0.218. The van der Waals surface area contributed by atoms with Gasteiger partial charge in [-0.2, -0.15) is 0 Å². The summed E-state index contributed by atoms with van der Waals surface area (Å²) in [6.45, 7) is 7.45. The van der Waals surface area contributed by atoms with Gasteiger partial charge in [0.05, 0.1) is 6.20 Å². The van der Waals surface area contributed by atoms with E-state index in [0.29, 0.717) is 5.92 Å². The van der Waals surface area contributed by atoms with Crippen LogP contribution >= 0.6 is 0 Å². The molecule has 1 aromatic heterocycles. The highest BCUT2D eigenvalue weighted by Crippen LogP contribution is 2.26. The van der Waals surface area contributed by atoms with Crippen molar-refractivity contribution in [2.24, 2.45) is 5.92 Å². The first kappa shape index (κ1) is 16.1. The topological polar surface area (TPSA) is 24.9 Å². The van der Waals surface area contributed by atoms with Crippen molar-refractivity contribution < 1.29 is 4.39 Å². The molecule has 0 amide bonds. The van der Waals surface area contributed by atoms with Crippen LogP contribution in [0.25, 0.3) is 0 Å². The lowest BCUT2D eigenvalue weighted by atomic mass is 9.89. The molecule has 2 atom stereocenters. The lowest BCUT2D eigenvalue weighted by Crippen LogP contribution is -2.23. The molecule has 0 saturated heterocycles. The molecule has 1 aromatic rings. The van der Waals surface area contributed by atoms with E-state index in [0.717, 1.165) is 18.5 Å². The van der Waals surface area contributed by atoms with E-state index in [-0.39, 0.29) is 11.9 Å². The Hall–Kier alpha value is -0.960. The van der Waals surface area contributed by atoms with Crippen LogP contribution in [0.4, 0.5) is 4.39 Å². The molecule has 2 nitrogen and oxygen atoms in total. The maximum Gasteiger partial charge on any atom is 0.141 e. The number of aromatic nitrogens is 1. The molecule has 1 heterocycles. The summed E-state index contributed by atoms with van der Waals surface area (Å²) in [5.41, 5.74) is 0.969. The van der Waals surface area contributed by atoms with Crippen LogP contribution in [0.2, 0.25) is 0 Å². The van der Waals surface area contributed by atoms with Crippen LogP contribution < -0.4 is 5.32 Å². The number of rotatable bonds is 9. The van der Waals surface area contributed by atoms with Gasteiger partial charge >= 0.3 is 0 Å². The number of unbranched alkanes of at least 4 members (excludes halogenated alkanes) is 1. The molecule has 0 saturated carbocycles. The number of nitrogens with zero attached hydrogens (tertiary/aromatic N) is 1. The average molecular weight is 266 g/mol. The average Bonchev–Trinajstić information content (AvgIpc) is 2.42. The first-order chi connectivity index (χ1) is 9.21. The van der Waals surface area contributed by atoms with Crippen LogP contribution in [0.3, 0.4) is 0 Å². The van der Waals surface area contributed by atoms with E-state index in [1.54, 1.807) is 12.3 Å². The summed E-state index contributed by atoms with van der Waals surface area (Å²) in [4.78, 5) is 3.97. The highest BCUT2D eigenvalue weighted by molar-refractivity contribution is 5.15. The standard InChI is InChI=1S/C16H27FN2/c1-4-7-8-13(5-2)9-16(19-6-3)14-10-15(17)12-18-11-14/h10-13,16,19H,4-9H2,1-3H3. The Bertz CT molecular complexity index is 354. The normalized spacial score (nSPS) is 14.3. The van der Waals surface area contributed by atoms with Gasteiger partial charge in [-0.3, -0.25) is 4.98 Å². The summed E-state index contributed by atoms with van der Waals surface area (Å²) < 4.78 is 13.3. The lowest BCUT2D eigenvalue weighted by Gasteiger charge is -2.23. The van der Waals surface area contributed by atoms with Crippen molar-refractivity contribution in [1.29, 1.82) is 0 Å². The summed E-state index contributed by atoms with van der Waals surface area (Å²) in [5.74, 6) is 0.453. The van der Waals surface area contributed by atoms with Crippen LogP contribution in [0.1, 0.15) is 64.5 Å². The summed E-state index contributed by atoms with van der Waals surface area (Å²) in [6, 6.07) is 1.82. The Kier molecular flexibility index (Phi) is 7.65. The minimum atomic E-state index is -0.248. The van der Waals surface area contributed by atoms with Crippen molar-refractivity contribution in [1.82, 2.24) is 10.3 Å². The van der Waals surface area contributed by atoms with Crippen LogP contribution in [0.15, 0.2) is 18.5 Å². The van der Waals surface area contributed by atoms with E-state index < -0.39 is 0 Å². The SMILES string of the molecule is CCCCC(CC)CC(NCC)c1cncc(F)c1. The number of pyridine rings is 1. The number of halogens is 1. The fourth-order valence-corrected chi connectivity index (χ4v) is 2.52. The minimum Gasteiger partial charge on any atom is -0.310 e. The number of hydrogen-bond acceptors (Lipinski definition) is 2. The van der Waals surface area contributed by atoms with E-state index in [2.05, 4.69) is 31.1 Å². The van der Waals surface area contributed by atoms with E-state index >= 15 is 0 Å². The zero-order chi connectivity index (χ0) is 14.1.